The first kappa shape index (κ1) is 17.7. The third-order valence-electron chi connectivity index (χ3n) is 4.29. The number of carbonyl (C=O) groups excluding carboxylic acids is 1. The summed E-state index contributed by atoms with van der Waals surface area (Å²) < 4.78 is 7.17. The third-order valence-corrected chi connectivity index (χ3v) is 4.29. The van der Waals surface area contributed by atoms with Crippen molar-refractivity contribution in [1.82, 2.24) is 15.1 Å². The number of rotatable bonds is 6. The van der Waals surface area contributed by atoms with Gasteiger partial charge in [0.05, 0.1) is 6.10 Å². The molecule has 0 bridgehead atoms. The normalized spacial score (nSPS) is 18.7. The Morgan fingerprint density at radius 1 is 1.43 bits per heavy atom. The van der Waals surface area contributed by atoms with Gasteiger partial charge in [-0.2, -0.15) is 5.10 Å². The number of ether oxygens (including phenoxy) is 1. The van der Waals surface area contributed by atoms with Crippen LogP contribution in [0.2, 0.25) is 0 Å². The Hall–Kier alpha value is -1.69. The van der Waals surface area contributed by atoms with Gasteiger partial charge in [0.2, 0.25) is 0 Å². The van der Waals surface area contributed by atoms with E-state index < -0.39 is 0 Å². The molecule has 2 rings (SSSR count). The molecule has 1 aliphatic heterocycles. The standard InChI is InChI=1S/C17H27N3O3/c1-4-10-20-15(21)9-8-13(19-20)16(22)18-12-17(2,3)14-7-5-6-11-23-14/h8-9,14H,4-7,10-12H2,1-3H3,(H,18,22)/t14-/m0/s1. The molecule has 128 valence electrons. The molecule has 1 amide bonds. The van der Waals surface area contributed by atoms with Gasteiger partial charge in [0.15, 0.2) is 0 Å². The van der Waals surface area contributed by atoms with Crippen molar-refractivity contribution < 1.29 is 9.53 Å². The quantitative estimate of drug-likeness (QED) is 0.869. The molecule has 1 atom stereocenters. The van der Waals surface area contributed by atoms with E-state index in [1.165, 1.54) is 23.2 Å². The zero-order valence-electron chi connectivity index (χ0n) is 14.3. The van der Waals surface area contributed by atoms with Gasteiger partial charge in [-0.3, -0.25) is 9.59 Å². The Bertz CT molecular complexity index is 589. The number of hydrogen-bond acceptors (Lipinski definition) is 4. The van der Waals surface area contributed by atoms with Crippen molar-refractivity contribution in [2.24, 2.45) is 5.41 Å². The lowest BCUT2D eigenvalue weighted by Gasteiger charge is -2.36. The van der Waals surface area contributed by atoms with Crippen LogP contribution in [0.15, 0.2) is 16.9 Å². The highest BCUT2D eigenvalue weighted by Crippen LogP contribution is 2.29. The summed E-state index contributed by atoms with van der Waals surface area (Å²) in [4.78, 5) is 24.0. The summed E-state index contributed by atoms with van der Waals surface area (Å²) in [7, 11) is 0. The maximum absolute atomic E-state index is 12.3. The highest BCUT2D eigenvalue weighted by Gasteiger charge is 2.32. The van der Waals surface area contributed by atoms with E-state index in [0.29, 0.717) is 13.1 Å². The van der Waals surface area contributed by atoms with Gasteiger partial charge in [-0.15, -0.1) is 0 Å². The number of nitrogens with one attached hydrogen (secondary N) is 1. The summed E-state index contributed by atoms with van der Waals surface area (Å²) in [6.07, 6.45) is 4.28. The van der Waals surface area contributed by atoms with E-state index in [0.717, 1.165) is 25.9 Å². The molecule has 23 heavy (non-hydrogen) atoms. The van der Waals surface area contributed by atoms with Gasteiger partial charge in [-0.1, -0.05) is 20.8 Å². The number of aromatic nitrogens is 2. The Balaban J connectivity index is 1.98. The molecular weight excluding hydrogens is 294 g/mol. The average molecular weight is 321 g/mol. The van der Waals surface area contributed by atoms with Gasteiger partial charge in [-0.05, 0) is 31.7 Å². The first-order valence-electron chi connectivity index (χ1n) is 8.42. The van der Waals surface area contributed by atoms with Crippen LogP contribution >= 0.6 is 0 Å². The molecule has 0 radical (unpaired) electrons. The van der Waals surface area contributed by atoms with Crippen LogP contribution in [0, 0.1) is 5.41 Å². The molecule has 0 aromatic carbocycles. The maximum atomic E-state index is 12.3. The molecule has 2 heterocycles. The van der Waals surface area contributed by atoms with E-state index in [9.17, 15) is 9.59 Å². The van der Waals surface area contributed by atoms with Crippen molar-refractivity contribution in [2.45, 2.75) is 59.1 Å². The lowest BCUT2D eigenvalue weighted by atomic mass is 9.82. The van der Waals surface area contributed by atoms with Crippen LogP contribution in [0.5, 0.6) is 0 Å². The summed E-state index contributed by atoms with van der Waals surface area (Å²) in [6, 6.07) is 2.88. The van der Waals surface area contributed by atoms with E-state index in [4.69, 9.17) is 4.74 Å². The molecule has 0 aliphatic carbocycles. The Kier molecular flexibility index (Phi) is 5.93. The first-order chi connectivity index (χ1) is 10.9. The fourth-order valence-electron chi connectivity index (χ4n) is 2.81. The minimum absolute atomic E-state index is 0.131. The number of amides is 1. The van der Waals surface area contributed by atoms with Crippen LogP contribution < -0.4 is 10.9 Å². The van der Waals surface area contributed by atoms with E-state index in [-0.39, 0.29) is 28.7 Å². The molecule has 1 fully saturated rings. The number of aryl methyl sites for hydroxylation is 1. The maximum Gasteiger partial charge on any atom is 0.271 e. The van der Waals surface area contributed by atoms with Gasteiger partial charge in [0, 0.05) is 31.2 Å². The molecular formula is C17H27N3O3. The largest absolute Gasteiger partial charge is 0.378 e. The summed E-state index contributed by atoms with van der Waals surface area (Å²) in [5.41, 5.74) is -0.0359. The Morgan fingerprint density at radius 3 is 2.87 bits per heavy atom. The summed E-state index contributed by atoms with van der Waals surface area (Å²) >= 11 is 0. The monoisotopic (exact) mass is 321 g/mol. The number of hydrogen-bond donors (Lipinski definition) is 1. The minimum atomic E-state index is -0.251. The molecule has 6 nitrogen and oxygen atoms in total. The second kappa shape index (κ2) is 7.73. The van der Waals surface area contributed by atoms with Crippen molar-refractivity contribution in [3.8, 4) is 0 Å². The zero-order chi connectivity index (χ0) is 16.9. The van der Waals surface area contributed by atoms with Crippen LogP contribution in [0.3, 0.4) is 0 Å². The highest BCUT2D eigenvalue weighted by molar-refractivity contribution is 5.92. The van der Waals surface area contributed by atoms with E-state index >= 15 is 0 Å². The minimum Gasteiger partial charge on any atom is -0.378 e. The van der Waals surface area contributed by atoms with Crippen molar-refractivity contribution in [3.05, 3.63) is 28.2 Å². The molecule has 1 saturated heterocycles. The summed E-state index contributed by atoms with van der Waals surface area (Å²) in [6.45, 7) is 8.01. The molecule has 1 aromatic heterocycles. The molecule has 1 aromatic rings. The topological polar surface area (TPSA) is 73.2 Å². The van der Waals surface area contributed by atoms with Crippen LogP contribution in [-0.2, 0) is 11.3 Å². The number of carbonyl (C=O) groups is 1. The van der Waals surface area contributed by atoms with Gasteiger partial charge in [0.1, 0.15) is 5.69 Å². The molecule has 0 spiro atoms. The SMILES string of the molecule is CCCn1nc(C(=O)NCC(C)(C)[C@@H]2CCCCO2)ccc1=O. The molecule has 6 heteroatoms. The van der Waals surface area contributed by atoms with Crippen molar-refractivity contribution in [3.63, 3.8) is 0 Å². The highest BCUT2D eigenvalue weighted by atomic mass is 16.5. The predicted molar refractivity (Wildman–Crippen MR) is 88.5 cm³/mol. The molecule has 0 unspecified atom stereocenters. The second-order valence-corrected chi connectivity index (χ2v) is 6.81. The van der Waals surface area contributed by atoms with Crippen LogP contribution in [0.25, 0.3) is 0 Å². The number of nitrogens with zero attached hydrogens (tertiary/aromatic N) is 2. The smallest absolute Gasteiger partial charge is 0.271 e. The second-order valence-electron chi connectivity index (χ2n) is 6.81. The predicted octanol–water partition coefficient (Wildman–Crippen LogP) is 1.98. The zero-order valence-corrected chi connectivity index (χ0v) is 14.3. The molecule has 1 aliphatic rings. The van der Waals surface area contributed by atoms with Crippen LogP contribution in [0.4, 0.5) is 0 Å². The Labute approximate surface area is 137 Å². The van der Waals surface area contributed by atoms with E-state index in [1.54, 1.807) is 0 Å². The third kappa shape index (κ3) is 4.64. The van der Waals surface area contributed by atoms with Crippen LogP contribution in [0.1, 0.15) is 56.9 Å². The van der Waals surface area contributed by atoms with Gasteiger partial charge in [-0.25, -0.2) is 4.68 Å². The van der Waals surface area contributed by atoms with Gasteiger partial charge in [0.25, 0.3) is 11.5 Å². The van der Waals surface area contributed by atoms with Crippen molar-refractivity contribution in [2.75, 3.05) is 13.2 Å². The van der Waals surface area contributed by atoms with E-state index in [2.05, 4.69) is 24.3 Å². The van der Waals surface area contributed by atoms with Gasteiger partial charge >= 0.3 is 0 Å². The molecule has 0 saturated carbocycles. The Morgan fingerprint density at radius 2 is 2.22 bits per heavy atom. The van der Waals surface area contributed by atoms with Gasteiger partial charge < -0.3 is 10.1 Å². The first-order valence-corrected chi connectivity index (χ1v) is 8.42. The average Bonchev–Trinajstić information content (AvgIpc) is 2.56. The van der Waals surface area contributed by atoms with Crippen LogP contribution in [-0.4, -0.2) is 34.9 Å². The lowest BCUT2D eigenvalue weighted by molar-refractivity contribution is -0.0531. The van der Waals surface area contributed by atoms with Crippen molar-refractivity contribution in [1.29, 1.82) is 0 Å². The summed E-state index contributed by atoms with van der Waals surface area (Å²) in [5, 5.41) is 7.06. The fraction of sp³-hybridized carbons (Fsp3) is 0.706. The van der Waals surface area contributed by atoms with Crippen molar-refractivity contribution >= 4 is 5.91 Å². The van der Waals surface area contributed by atoms with E-state index in [1.807, 2.05) is 6.92 Å². The molecule has 1 N–H and O–H groups in total. The lowest BCUT2D eigenvalue weighted by Crippen LogP contribution is -2.44. The fourth-order valence-corrected chi connectivity index (χ4v) is 2.81. The summed E-state index contributed by atoms with van der Waals surface area (Å²) in [5.74, 6) is -0.251.